The Hall–Kier alpha value is -1.02. The van der Waals surface area contributed by atoms with Crippen LogP contribution in [0, 0.1) is 5.92 Å². The molecule has 1 saturated heterocycles. The van der Waals surface area contributed by atoms with Gasteiger partial charge >= 0.3 is 0 Å². The van der Waals surface area contributed by atoms with Crippen LogP contribution in [0.25, 0.3) is 0 Å². The maximum atomic E-state index is 5.60. The standard InChI is InChI=1S/C14H21NO/c1-11(2)14-13(16-3)9-10-15(14)12-7-5-4-6-8-12/h4-8,11,13-14H,9-10H2,1-3H3. The molecule has 2 rings (SSSR count). The maximum absolute atomic E-state index is 5.60. The zero-order valence-electron chi connectivity index (χ0n) is 10.4. The Morgan fingerprint density at radius 3 is 2.50 bits per heavy atom. The van der Waals surface area contributed by atoms with Gasteiger partial charge in [-0.25, -0.2) is 0 Å². The molecule has 1 heterocycles. The van der Waals surface area contributed by atoms with Crippen LogP contribution in [0.15, 0.2) is 30.3 Å². The normalized spacial score (nSPS) is 25.4. The lowest BCUT2D eigenvalue weighted by Gasteiger charge is -2.32. The van der Waals surface area contributed by atoms with Gasteiger partial charge in [-0.3, -0.25) is 0 Å². The highest BCUT2D eigenvalue weighted by Gasteiger charge is 2.36. The zero-order valence-corrected chi connectivity index (χ0v) is 10.4. The second kappa shape index (κ2) is 4.88. The predicted molar refractivity (Wildman–Crippen MR) is 67.8 cm³/mol. The zero-order chi connectivity index (χ0) is 11.5. The molecule has 1 aromatic rings. The van der Waals surface area contributed by atoms with Gasteiger partial charge in [-0.1, -0.05) is 32.0 Å². The molecule has 1 aliphatic rings. The number of nitrogens with zero attached hydrogens (tertiary/aromatic N) is 1. The summed E-state index contributed by atoms with van der Waals surface area (Å²) in [5, 5.41) is 0. The maximum Gasteiger partial charge on any atom is 0.0793 e. The lowest BCUT2D eigenvalue weighted by atomic mass is 9.99. The molecule has 1 aromatic carbocycles. The van der Waals surface area contributed by atoms with E-state index in [1.807, 2.05) is 7.11 Å². The first kappa shape index (κ1) is 11.5. The van der Waals surface area contributed by atoms with Crippen molar-refractivity contribution in [3.05, 3.63) is 30.3 Å². The first-order valence-corrected chi connectivity index (χ1v) is 6.08. The Morgan fingerprint density at radius 1 is 1.25 bits per heavy atom. The van der Waals surface area contributed by atoms with E-state index in [2.05, 4.69) is 49.1 Å². The number of ether oxygens (including phenoxy) is 1. The molecule has 0 amide bonds. The fraction of sp³-hybridized carbons (Fsp3) is 0.571. The smallest absolute Gasteiger partial charge is 0.0793 e. The molecule has 88 valence electrons. The minimum atomic E-state index is 0.375. The molecule has 0 spiro atoms. The van der Waals surface area contributed by atoms with Gasteiger partial charge in [0, 0.05) is 19.3 Å². The van der Waals surface area contributed by atoms with Gasteiger partial charge in [-0.2, -0.15) is 0 Å². The van der Waals surface area contributed by atoms with Crippen molar-refractivity contribution in [3.63, 3.8) is 0 Å². The highest BCUT2D eigenvalue weighted by molar-refractivity contribution is 5.48. The van der Waals surface area contributed by atoms with E-state index in [9.17, 15) is 0 Å². The quantitative estimate of drug-likeness (QED) is 0.775. The minimum Gasteiger partial charge on any atom is -0.379 e. The summed E-state index contributed by atoms with van der Waals surface area (Å²) in [4.78, 5) is 2.48. The molecule has 0 aromatic heterocycles. The Morgan fingerprint density at radius 2 is 1.94 bits per heavy atom. The SMILES string of the molecule is COC1CCN(c2ccccc2)C1C(C)C. The first-order chi connectivity index (χ1) is 7.74. The highest BCUT2D eigenvalue weighted by Crippen LogP contribution is 2.31. The summed E-state index contributed by atoms with van der Waals surface area (Å²) in [5.74, 6) is 0.618. The van der Waals surface area contributed by atoms with Gasteiger partial charge in [0.05, 0.1) is 12.1 Å². The van der Waals surface area contributed by atoms with Crippen molar-refractivity contribution >= 4 is 5.69 Å². The second-order valence-electron chi connectivity index (χ2n) is 4.83. The molecule has 0 N–H and O–H groups in total. The molecule has 2 nitrogen and oxygen atoms in total. The lowest BCUT2D eigenvalue weighted by molar-refractivity contribution is 0.0830. The Labute approximate surface area is 98.2 Å². The average Bonchev–Trinajstić information content (AvgIpc) is 2.73. The number of benzene rings is 1. The van der Waals surface area contributed by atoms with Crippen molar-refractivity contribution in [3.8, 4) is 0 Å². The Kier molecular flexibility index (Phi) is 3.49. The molecule has 0 saturated carbocycles. The molecule has 2 atom stereocenters. The Bertz CT molecular complexity index is 323. The number of para-hydroxylation sites is 1. The molecule has 2 unspecified atom stereocenters. The fourth-order valence-corrected chi connectivity index (χ4v) is 2.75. The number of anilines is 1. The van der Waals surface area contributed by atoms with Gasteiger partial charge in [0.25, 0.3) is 0 Å². The molecule has 0 bridgehead atoms. The van der Waals surface area contributed by atoms with E-state index >= 15 is 0 Å². The van der Waals surface area contributed by atoms with E-state index in [1.165, 1.54) is 5.69 Å². The van der Waals surface area contributed by atoms with Gasteiger partial charge in [0.1, 0.15) is 0 Å². The molecular formula is C14H21NO. The van der Waals surface area contributed by atoms with Gasteiger partial charge in [-0.15, -0.1) is 0 Å². The van der Waals surface area contributed by atoms with E-state index in [0.717, 1.165) is 13.0 Å². The van der Waals surface area contributed by atoms with Gasteiger partial charge < -0.3 is 9.64 Å². The fourth-order valence-electron chi connectivity index (χ4n) is 2.75. The third-order valence-corrected chi connectivity index (χ3v) is 3.47. The molecular weight excluding hydrogens is 198 g/mol. The molecule has 1 aliphatic heterocycles. The summed E-state index contributed by atoms with van der Waals surface area (Å²) < 4.78 is 5.60. The van der Waals surface area contributed by atoms with Crippen molar-refractivity contribution < 1.29 is 4.74 Å². The van der Waals surface area contributed by atoms with Crippen LogP contribution in [0.5, 0.6) is 0 Å². The molecule has 0 aliphatic carbocycles. The summed E-state index contributed by atoms with van der Waals surface area (Å²) in [7, 11) is 1.83. The van der Waals surface area contributed by atoms with Gasteiger partial charge in [-0.05, 0) is 24.5 Å². The predicted octanol–water partition coefficient (Wildman–Crippen LogP) is 2.94. The van der Waals surface area contributed by atoms with E-state index in [4.69, 9.17) is 4.74 Å². The van der Waals surface area contributed by atoms with Gasteiger partial charge in [0.2, 0.25) is 0 Å². The third-order valence-electron chi connectivity index (χ3n) is 3.47. The van der Waals surface area contributed by atoms with Crippen LogP contribution in [0.1, 0.15) is 20.3 Å². The minimum absolute atomic E-state index is 0.375. The van der Waals surface area contributed by atoms with Crippen LogP contribution in [-0.4, -0.2) is 25.8 Å². The van der Waals surface area contributed by atoms with Crippen molar-refractivity contribution in [2.45, 2.75) is 32.4 Å². The topological polar surface area (TPSA) is 12.5 Å². The first-order valence-electron chi connectivity index (χ1n) is 6.08. The summed E-state index contributed by atoms with van der Waals surface area (Å²) in [6, 6.07) is 11.2. The monoisotopic (exact) mass is 219 g/mol. The summed E-state index contributed by atoms with van der Waals surface area (Å²) in [5.41, 5.74) is 1.32. The van der Waals surface area contributed by atoms with Crippen molar-refractivity contribution in [2.24, 2.45) is 5.92 Å². The second-order valence-corrected chi connectivity index (χ2v) is 4.83. The van der Waals surface area contributed by atoms with E-state index in [-0.39, 0.29) is 0 Å². The number of hydrogen-bond donors (Lipinski definition) is 0. The van der Waals surface area contributed by atoms with Crippen molar-refractivity contribution in [1.29, 1.82) is 0 Å². The summed E-state index contributed by atoms with van der Waals surface area (Å²) >= 11 is 0. The lowest BCUT2D eigenvalue weighted by Crippen LogP contribution is -2.40. The number of hydrogen-bond acceptors (Lipinski definition) is 2. The van der Waals surface area contributed by atoms with Crippen LogP contribution in [0.2, 0.25) is 0 Å². The third kappa shape index (κ3) is 2.07. The van der Waals surface area contributed by atoms with Gasteiger partial charge in [0.15, 0.2) is 0 Å². The van der Waals surface area contributed by atoms with Crippen LogP contribution < -0.4 is 4.90 Å². The highest BCUT2D eigenvalue weighted by atomic mass is 16.5. The van der Waals surface area contributed by atoms with Crippen molar-refractivity contribution in [2.75, 3.05) is 18.6 Å². The molecule has 1 fully saturated rings. The largest absolute Gasteiger partial charge is 0.379 e. The number of methoxy groups -OCH3 is 1. The molecule has 16 heavy (non-hydrogen) atoms. The van der Waals surface area contributed by atoms with Crippen LogP contribution in [0.4, 0.5) is 5.69 Å². The molecule has 2 heteroatoms. The van der Waals surface area contributed by atoms with E-state index in [1.54, 1.807) is 0 Å². The average molecular weight is 219 g/mol. The Balaban J connectivity index is 2.22. The van der Waals surface area contributed by atoms with E-state index in [0.29, 0.717) is 18.1 Å². The van der Waals surface area contributed by atoms with E-state index < -0.39 is 0 Å². The van der Waals surface area contributed by atoms with Crippen molar-refractivity contribution in [1.82, 2.24) is 0 Å². The summed E-state index contributed by atoms with van der Waals surface area (Å²) in [6.07, 6.45) is 1.51. The van der Waals surface area contributed by atoms with Crippen LogP contribution in [0.3, 0.4) is 0 Å². The molecule has 0 radical (unpaired) electrons. The number of rotatable bonds is 3. The summed E-state index contributed by atoms with van der Waals surface area (Å²) in [6.45, 7) is 5.65. The van der Waals surface area contributed by atoms with Crippen LogP contribution >= 0.6 is 0 Å². The van der Waals surface area contributed by atoms with Crippen LogP contribution in [-0.2, 0) is 4.74 Å².